The van der Waals surface area contributed by atoms with Crippen LogP contribution in [-0.4, -0.2) is 25.7 Å². The molecule has 1 aromatic heterocycles. The summed E-state index contributed by atoms with van der Waals surface area (Å²) < 4.78 is 5.29. The van der Waals surface area contributed by atoms with E-state index in [2.05, 4.69) is 17.4 Å². The first-order valence-electron chi connectivity index (χ1n) is 6.12. The molecule has 0 atom stereocenters. The Kier molecular flexibility index (Phi) is 3.06. The number of hydrogen-bond donors (Lipinski definition) is 1. The van der Waals surface area contributed by atoms with Gasteiger partial charge in [-0.05, 0) is 24.7 Å². The van der Waals surface area contributed by atoms with Gasteiger partial charge in [-0.25, -0.2) is 4.98 Å². The summed E-state index contributed by atoms with van der Waals surface area (Å²) in [7, 11) is 3.68. The van der Waals surface area contributed by atoms with Gasteiger partial charge in [0.05, 0.1) is 17.8 Å². The van der Waals surface area contributed by atoms with E-state index in [0.717, 1.165) is 25.1 Å². The van der Waals surface area contributed by atoms with Crippen molar-refractivity contribution in [3.8, 4) is 17.0 Å². The van der Waals surface area contributed by atoms with Crippen LogP contribution in [0, 0.1) is 0 Å². The van der Waals surface area contributed by atoms with E-state index in [1.165, 1.54) is 26.7 Å². The maximum Gasteiger partial charge on any atom is 0.119 e. The molecule has 18 heavy (non-hydrogen) atoms. The van der Waals surface area contributed by atoms with E-state index in [1.54, 1.807) is 7.11 Å². The average molecular weight is 260 g/mol. The third-order valence-corrected chi connectivity index (χ3v) is 4.37. The highest BCUT2D eigenvalue weighted by Gasteiger charge is 2.23. The molecule has 0 bridgehead atoms. The Labute approximate surface area is 111 Å². The Balaban J connectivity index is 1.95. The monoisotopic (exact) mass is 260 g/mol. The largest absolute Gasteiger partial charge is 0.497 e. The zero-order chi connectivity index (χ0) is 12.5. The van der Waals surface area contributed by atoms with Gasteiger partial charge in [0.1, 0.15) is 5.75 Å². The van der Waals surface area contributed by atoms with Crippen LogP contribution in [0.25, 0.3) is 11.3 Å². The summed E-state index contributed by atoms with van der Waals surface area (Å²) >= 11 is 1.84. The van der Waals surface area contributed by atoms with Gasteiger partial charge in [-0.3, -0.25) is 0 Å². The first-order valence-corrected chi connectivity index (χ1v) is 6.94. The lowest BCUT2D eigenvalue weighted by atomic mass is 10.1. The van der Waals surface area contributed by atoms with Crippen LogP contribution in [0.2, 0.25) is 0 Å². The number of nitrogens with one attached hydrogen (secondary N) is 1. The minimum atomic E-state index is 0.909. The molecule has 0 saturated heterocycles. The summed E-state index contributed by atoms with van der Waals surface area (Å²) in [5, 5.41) is 4.39. The SMILES string of the molecule is CNCCc1nc2c(s1)Cc1ccc(OC)cc1-2. The fourth-order valence-corrected chi connectivity index (χ4v) is 3.41. The summed E-state index contributed by atoms with van der Waals surface area (Å²) in [4.78, 5) is 6.16. The van der Waals surface area contributed by atoms with Crippen LogP contribution in [0.3, 0.4) is 0 Å². The van der Waals surface area contributed by atoms with Crippen LogP contribution in [0.15, 0.2) is 18.2 Å². The summed E-state index contributed by atoms with van der Waals surface area (Å²) in [6.45, 7) is 0.983. The molecule has 1 N–H and O–H groups in total. The Morgan fingerprint density at radius 1 is 1.44 bits per heavy atom. The molecular weight excluding hydrogens is 244 g/mol. The van der Waals surface area contributed by atoms with Crippen LogP contribution in [0.4, 0.5) is 0 Å². The third-order valence-electron chi connectivity index (χ3n) is 3.25. The number of likely N-dealkylation sites (N-methyl/N-ethyl adjacent to an activating group) is 1. The number of benzene rings is 1. The fourth-order valence-electron chi connectivity index (χ4n) is 2.30. The maximum absolute atomic E-state index is 5.29. The van der Waals surface area contributed by atoms with Crippen LogP contribution in [-0.2, 0) is 12.8 Å². The van der Waals surface area contributed by atoms with E-state index in [-0.39, 0.29) is 0 Å². The molecule has 0 aliphatic heterocycles. The second kappa shape index (κ2) is 4.71. The van der Waals surface area contributed by atoms with E-state index in [0.29, 0.717) is 0 Å². The van der Waals surface area contributed by atoms with Crippen molar-refractivity contribution < 1.29 is 4.74 Å². The number of aromatic nitrogens is 1. The smallest absolute Gasteiger partial charge is 0.119 e. The van der Waals surface area contributed by atoms with Crippen LogP contribution in [0.1, 0.15) is 15.4 Å². The molecule has 0 fully saturated rings. The second-order valence-electron chi connectivity index (χ2n) is 4.43. The molecule has 1 aliphatic carbocycles. The lowest BCUT2D eigenvalue weighted by Crippen LogP contribution is -2.10. The van der Waals surface area contributed by atoms with E-state index < -0.39 is 0 Å². The molecule has 1 aromatic carbocycles. The van der Waals surface area contributed by atoms with Gasteiger partial charge in [-0.2, -0.15) is 0 Å². The van der Waals surface area contributed by atoms with Gasteiger partial charge in [0.15, 0.2) is 0 Å². The predicted molar refractivity (Wildman–Crippen MR) is 74.5 cm³/mol. The minimum absolute atomic E-state index is 0.909. The number of rotatable bonds is 4. The number of hydrogen-bond acceptors (Lipinski definition) is 4. The van der Waals surface area contributed by atoms with Gasteiger partial charge < -0.3 is 10.1 Å². The van der Waals surface area contributed by atoms with Crippen molar-refractivity contribution in [1.82, 2.24) is 10.3 Å². The Bertz CT molecular complexity index is 577. The maximum atomic E-state index is 5.29. The minimum Gasteiger partial charge on any atom is -0.497 e. The van der Waals surface area contributed by atoms with Gasteiger partial charge in [0.25, 0.3) is 0 Å². The molecule has 0 saturated carbocycles. The van der Waals surface area contributed by atoms with Crippen LogP contribution >= 0.6 is 11.3 Å². The number of thiazole rings is 1. The van der Waals surface area contributed by atoms with Crippen LogP contribution in [0.5, 0.6) is 5.75 Å². The van der Waals surface area contributed by atoms with Crippen molar-refractivity contribution >= 4 is 11.3 Å². The number of fused-ring (bicyclic) bond motifs is 3. The molecule has 4 heteroatoms. The van der Waals surface area contributed by atoms with Crippen molar-refractivity contribution in [1.29, 1.82) is 0 Å². The quantitative estimate of drug-likeness (QED) is 0.782. The Hall–Kier alpha value is -1.39. The van der Waals surface area contributed by atoms with Gasteiger partial charge in [0, 0.05) is 29.8 Å². The highest BCUT2D eigenvalue weighted by Crippen LogP contribution is 2.40. The molecule has 0 unspecified atom stereocenters. The first-order chi connectivity index (χ1) is 8.81. The topological polar surface area (TPSA) is 34.2 Å². The average Bonchev–Trinajstić information content (AvgIpc) is 2.92. The zero-order valence-corrected chi connectivity index (χ0v) is 11.4. The van der Waals surface area contributed by atoms with E-state index in [9.17, 15) is 0 Å². The molecule has 94 valence electrons. The Morgan fingerprint density at radius 2 is 2.33 bits per heavy atom. The van der Waals surface area contributed by atoms with Gasteiger partial charge in [-0.1, -0.05) is 6.07 Å². The molecule has 0 spiro atoms. The first kappa shape index (κ1) is 11.7. The van der Waals surface area contributed by atoms with Crippen molar-refractivity contribution in [2.24, 2.45) is 0 Å². The molecule has 0 amide bonds. The molecule has 3 rings (SSSR count). The normalized spacial score (nSPS) is 12.3. The van der Waals surface area contributed by atoms with Gasteiger partial charge in [0.2, 0.25) is 0 Å². The van der Waals surface area contributed by atoms with Gasteiger partial charge in [-0.15, -0.1) is 11.3 Å². The molecule has 1 heterocycles. The van der Waals surface area contributed by atoms with Crippen molar-refractivity contribution in [3.63, 3.8) is 0 Å². The molecule has 1 aliphatic rings. The third kappa shape index (κ3) is 1.91. The zero-order valence-electron chi connectivity index (χ0n) is 10.6. The highest BCUT2D eigenvalue weighted by molar-refractivity contribution is 7.12. The molecule has 0 radical (unpaired) electrons. The fraction of sp³-hybridized carbons (Fsp3) is 0.357. The number of methoxy groups -OCH3 is 1. The molecular formula is C14H16N2OS. The van der Waals surface area contributed by atoms with E-state index >= 15 is 0 Å². The van der Waals surface area contributed by atoms with Gasteiger partial charge >= 0.3 is 0 Å². The van der Waals surface area contributed by atoms with Crippen molar-refractivity contribution in [3.05, 3.63) is 33.6 Å². The lowest BCUT2D eigenvalue weighted by Gasteiger charge is -2.03. The molecule has 2 aromatic rings. The second-order valence-corrected chi connectivity index (χ2v) is 5.60. The van der Waals surface area contributed by atoms with E-state index in [4.69, 9.17) is 9.72 Å². The standard InChI is InChI=1S/C14H16N2OS/c1-15-6-5-13-16-14-11-8-10(17-2)4-3-9(11)7-12(14)18-13/h3-4,8,15H,5-7H2,1-2H3. The lowest BCUT2D eigenvalue weighted by molar-refractivity contribution is 0.415. The summed E-state index contributed by atoms with van der Waals surface area (Å²) in [6.07, 6.45) is 2.03. The Morgan fingerprint density at radius 3 is 3.11 bits per heavy atom. The summed E-state index contributed by atoms with van der Waals surface area (Å²) in [5.74, 6) is 0.909. The number of ether oxygens (including phenoxy) is 1. The van der Waals surface area contributed by atoms with Crippen molar-refractivity contribution in [2.45, 2.75) is 12.8 Å². The van der Waals surface area contributed by atoms with Crippen LogP contribution < -0.4 is 10.1 Å². The summed E-state index contributed by atoms with van der Waals surface area (Å²) in [6, 6.07) is 6.27. The summed E-state index contributed by atoms with van der Waals surface area (Å²) in [5.41, 5.74) is 3.78. The van der Waals surface area contributed by atoms with E-state index in [1.807, 2.05) is 24.5 Å². The highest BCUT2D eigenvalue weighted by atomic mass is 32.1. The predicted octanol–water partition coefficient (Wildman–Crippen LogP) is 2.48. The molecule has 3 nitrogen and oxygen atoms in total. The number of nitrogens with zero attached hydrogens (tertiary/aromatic N) is 1. The van der Waals surface area contributed by atoms with Crippen molar-refractivity contribution in [2.75, 3.05) is 20.7 Å².